The summed E-state index contributed by atoms with van der Waals surface area (Å²) in [5, 5.41) is 9.53. The average molecular weight is 277 g/mol. The minimum atomic E-state index is -0.456. The Bertz CT molecular complexity index is 563. The first kappa shape index (κ1) is 14.2. The summed E-state index contributed by atoms with van der Waals surface area (Å²) in [4.78, 5) is 12.1. The zero-order valence-corrected chi connectivity index (χ0v) is 11.8. The molecule has 0 saturated heterocycles. The van der Waals surface area contributed by atoms with Gasteiger partial charge in [0.25, 0.3) is 0 Å². The first-order valence-corrected chi connectivity index (χ1v) is 6.63. The Labute approximate surface area is 118 Å². The molecule has 0 aliphatic carbocycles. The van der Waals surface area contributed by atoms with Gasteiger partial charge in [0, 0.05) is 17.5 Å². The lowest BCUT2D eigenvalue weighted by atomic mass is 9.80. The molecule has 1 aromatic rings. The maximum Gasteiger partial charge on any atom is 0.340 e. The van der Waals surface area contributed by atoms with E-state index in [1.54, 1.807) is 19.1 Å². The monoisotopic (exact) mass is 277 g/mol. The summed E-state index contributed by atoms with van der Waals surface area (Å²) in [7, 11) is 0. The van der Waals surface area contributed by atoms with Gasteiger partial charge < -0.3 is 20.3 Å². The molecule has 0 radical (unpaired) electrons. The molecule has 0 saturated carbocycles. The first-order chi connectivity index (χ1) is 9.45. The normalized spacial score (nSPS) is 17.7. The molecule has 0 amide bonds. The van der Waals surface area contributed by atoms with Crippen LogP contribution in [0.3, 0.4) is 0 Å². The van der Waals surface area contributed by atoms with Crippen LogP contribution >= 0.6 is 0 Å². The molecule has 20 heavy (non-hydrogen) atoms. The number of benzene rings is 1. The number of rotatable bonds is 3. The molecule has 1 aliphatic rings. The van der Waals surface area contributed by atoms with Crippen LogP contribution in [0.15, 0.2) is 29.7 Å². The molecule has 0 spiro atoms. The molecular formula is C15H19NO4. The predicted octanol–water partition coefficient (Wildman–Crippen LogP) is 2.26. The number of aromatic hydroxyl groups is 1. The number of fused-ring (bicyclic) bond motifs is 1. The Kier molecular flexibility index (Phi) is 3.88. The van der Waals surface area contributed by atoms with Crippen LogP contribution in [-0.4, -0.2) is 17.7 Å². The fourth-order valence-corrected chi connectivity index (χ4v) is 2.48. The molecular weight excluding hydrogens is 258 g/mol. The smallest absolute Gasteiger partial charge is 0.340 e. The van der Waals surface area contributed by atoms with Crippen molar-refractivity contribution in [2.45, 2.75) is 26.7 Å². The molecule has 108 valence electrons. The summed E-state index contributed by atoms with van der Waals surface area (Å²) in [5.74, 6) is 0.0918. The van der Waals surface area contributed by atoms with E-state index in [1.807, 2.05) is 13.8 Å². The van der Waals surface area contributed by atoms with Crippen LogP contribution < -0.4 is 10.5 Å². The number of hydrogen-bond acceptors (Lipinski definition) is 5. The van der Waals surface area contributed by atoms with E-state index in [9.17, 15) is 9.90 Å². The molecule has 1 atom stereocenters. The first-order valence-electron chi connectivity index (χ1n) is 6.63. The van der Waals surface area contributed by atoms with Gasteiger partial charge in [-0.1, -0.05) is 19.9 Å². The van der Waals surface area contributed by atoms with Gasteiger partial charge in [-0.25, -0.2) is 4.79 Å². The number of phenols is 1. The van der Waals surface area contributed by atoms with E-state index in [1.165, 1.54) is 6.07 Å². The van der Waals surface area contributed by atoms with E-state index < -0.39 is 5.97 Å². The summed E-state index contributed by atoms with van der Waals surface area (Å²) in [6, 6.07) is 4.82. The summed E-state index contributed by atoms with van der Waals surface area (Å²) in [6.45, 7) is 6.02. The Hall–Kier alpha value is -2.17. The third-order valence-corrected chi connectivity index (χ3v) is 3.29. The Morgan fingerprint density at radius 3 is 2.80 bits per heavy atom. The SMILES string of the molecule is CCOC(=O)C1=C(N)Oc2cc(O)ccc2[C@H]1C(C)C. The average Bonchev–Trinajstić information content (AvgIpc) is 2.36. The molecule has 1 aliphatic heterocycles. The highest BCUT2D eigenvalue weighted by Crippen LogP contribution is 2.43. The van der Waals surface area contributed by atoms with E-state index >= 15 is 0 Å². The van der Waals surface area contributed by atoms with Crippen molar-refractivity contribution in [2.24, 2.45) is 11.7 Å². The molecule has 2 rings (SSSR count). The second kappa shape index (κ2) is 5.45. The van der Waals surface area contributed by atoms with Crippen LogP contribution in [0.1, 0.15) is 32.3 Å². The topological polar surface area (TPSA) is 81.8 Å². The molecule has 0 bridgehead atoms. The lowest BCUT2D eigenvalue weighted by Gasteiger charge is -2.30. The van der Waals surface area contributed by atoms with Crippen molar-refractivity contribution in [3.05, 3.63) is 35.2 Å². The van der Waals surface area contributed by atoms with Gasteiger partial charge >= 0.3 is 5.97 Å². The van der Waals surface area contributed by atoms with Gasteiger partial charge in [-0.15, -0.1) is 0 Å². The molecule has 1 heterocycles. The fourth-order valence-electron chi connectivity index (χ4n) is 2.48. The van der Waals surface area contributed by atoms with Crippen LogP contribution in [0.2, 0.25) is 0 Å². The number of ether oxygens (including phenoxy) is 2. The Morgan fingerprint density at radius 2 is 2.20 bits per heavy atom. The van der Waals surface area contributed by atoms with Gasteiger partial charge in [-0.2, -0.15) is 0 Å². The summed E-state index contributed by atoms with van der Waals surface area (Å²) >= 11 is 0. The second-order valence-corrected chi connectivity index (χ2v) is 5.04. The molecule has 5 nitrogen and oxygen atoms in total. The van der Waals surface area contributed by atoms with Crippen LogP contribution in [0.5, 0.6) is 11.5 Å². The quantitative estimate of drug-likeness (QED) is 0.828. The van der Waals surface area contributed by atoms with E-state index in [0.717, 1.165) is 5.56 Å². The molecule has 0 unspecified atom stereocenters. The van der Waals surface area contributed by atoms with E-state index in [-0.39, 0.29) is 30.1 Å². The highest BCUT2D eigenvalue weighted by atomic mass is 16.5. The number of esters is 1. The van der Waals surface area contributed by atoms with Crippen LogP contribution in [0, 0.1) is 5.92 Å². The van der Waals surface area contributed by atoms with Crippen molar-refractivity contribution in [1.29, 1.82) is 0 Å². The third-order valence-electron chi connectivity index (χ3n) is 3.29. The molecule has 1 aromatic carbocycles. The summed E-state index contributed by atoms with van der Waals surface area (Å²) in [5.41, 5.74) is 7.05. The van der Waals surface area contributed by atoms with Gasteiger partial charge in [0.05, 0.1) is 6.61 Å². The lowest BCUT2D eigenvalue weighted by Crippen LogP contribution is -2.29. The van der Waals surface area contributed by atoms with Crippen molar-refractivity contribution in [1.82, 2.24) is 0 Å². The van der Waals surface area contributed by atoms with Crippen molar-refractivity contribution >= 4 is 5.97 Å². The highest BCUT2D eigenvalue weighted by Gasteiger charge is 2.36. The van der Waals surface area contributed by atoms with Gasteiger partial charge in [0.2, 0.25) is 5.88 Å². The zero-order chi connectivity index (χ0) is 14.9. The maximum absolute atomic E-state index is 12.1. The number of nitrogens with two attached hydrogens (primary N) is 1. The third kappa shape index (κ3) is 2.43. The lowest BCUT2D eigenvalue weighted by molar-refractivity contribution is -0.139. The standard InChI is InChI=1S/C15H19NO4/c1-4-19-15(18)13-12(8(2)3)10-6-5-9(17)7-11(10)20-14(13)16/h5-8,12,17H,4,16H2,1-3H3/t12-/m1/s1. The van der Waals surface area contributed by atoms with Crippen LogP contribution in [-0.2, 0) is 9.53 Å². The van der Waals surface area contributed by atoms with Gasteiger partial charge in [0.1, 0.15) is 17.1 Å². The van der Waals surface area contributed by atoms with Crippen molar-refractivity contribution in [3.8, 4) is 11.5 Å². The minimum absolute atomic E-state index is 0.0419. The Morgan fingerprint density at radius 1 is 1.50 bits per heavy atom. The highest BCUT2D eigenvalue weighted by molar-refractivity contribution is 5.91. The number of phenolic OH excluding ortho intramolecular Hbond substituents is 1. The Balaban J connectivity index is 2.52. The van der Waals surface area contributed by atoms with Crippen LogP contribution in [0.25, 0.3) is 0 Å². The fraction of sp³-hybridized carbons (Fsp3) is 0.400. The van der Waals surface area contributed by atoms with Gasteiger partial charge in [0.15, 0.2) is 0 Å². The zero-order valence-electron chi connectivity index (χ0n) is 11.8. The van der Waals surface area contributed by atoms with E-state index in [4.69, 9.17) is 15.2 Å². The number of carbonyl (C=O) groups excluding carboxylic acids is 1. The molecule has 0 aromatic heterocycles. The second-order valence-electron chi connectivity index (χ2n) is 5.04. The number of hydrogen-bond donors (Lipinski definition) is 2. The number of carbonyl (C=O) groups is 1. The largest absolute Gasteiger partial charge is 0.508 e. The van der Waals surface area contributed by atoms with Crippen molar-refractivity contribution < 1.29 is 19.4 Å². The van der Waals surface area contributed by atoms with Crippen LogP contribution in [0.4, 0.5) is 0 Å². The van der Waals surface area contributed by atoms with Gasteiger partial charge in [-0.3, -0.25) is 0 Å². The maximum atomic E-state index is 12.1. The van der Waals surface area contributed by atoms with Gasteiger partial charge in [-0.05, 0) is 18.9 Å². The van der Waals surface area contributed by atoms with Crippen molar-refractivity contribution in [2.75, 3.05) is 6.61 Å². The predicted molar refractivity (Wildman–Crippen MR) is 74.2 cm³/mol. The minimum Gasteiger partial charge on any atom is -0.508 e. The molecule has 0 fully saturated rings. The van der Waals surface area contributed by atoms with E-state index in [2.05, 4.69) is 0 Å². The van der Waals surface area contributed by atoms with E-state index in [0.29, 0.717) is 11.3 Å². The summed E-state index contributed by atoms with van der Waals surface area (Å²) in [6.07, 6.45) is 0. The molecule has 3 N–H and O–H groups in total. The molecule has 5 heteroatoms. The summed E-state index contributed by atoms with van der Waals surface area (Å²) < 4.78 is 10.5. The van der Waals surface area contributed by atoms with Crippen molar-refractivity contribution in [3.63, 3.8) is 0 Å².